The van der Waals surface area contributed by atoms with Crippen molar-refractivity contribution in [3.63, 3.8) is 0 Å². The first-order valence-electron chi connectivity index (χ1n) is 5.92. The van der Waals surface area contributed by atoms with Crippen LogP contribution in [0, 0.1) is 0 Å². The minimum absolute atomic E-state index is 0.250. The lowest BCUT2D eigenvalue weighted by molar-refractivity contribution is 0.112. The molecule has 0 saturated carbocycles. The summed E-state index contributed by atoms with van der Waals surface area (Å²) >= 11 is 0. The third-order valence-electron chi connectivity index (χ3n) is 2.84. The number of aldehydes is 1. The van der Waals surface area contributed by atoms with Crippen molar-refractivity contribution >= 4 is 6.29 Å². The molecule has 19 heavy (non-hydrogen) atoms. The summed E-state index contributed by atoms with van der Waals surface area (Å²) < 4.78 is 16.2. The average molecular weight is 256 g/mol. The Morgan fingerprint density at radius 2 is 2.00 bits per heavy atom. The van der Waals surface area contributed by atoms with Gasteiger partial charge in [0.25, 0.3) is 0 Å². The highest BCUT2D eigenvalue weighted by Crippen LogP contribution is 2.35. The Morgan fingerprint density at radius 1 is 1.11 bits per heavy atom. The lowest BCUT2D eigenvalue weighted by Crippen LogP contribution is -1.96. The fourth-order valence-corrected chi connectivity index (χ4v) is 1.89. The molecule has 0 aromatic heterocycles. The van der Waals surface area contributed by atoms with E-state index < -0.39 is 0 Å². The van der Waals surface area contributed by atoms with Gasteiger partial charge in [0.15, 0.2) is 11.5 Å². The minimum Gasteiger partial charge on any atom is -0.489 e. The molecular weight excluding hydrogens is 244 g/mol. The molecule has 0 fully saturated rings. The second-order valence-corrected chi connectivity index (χ2v) is 4.17. The van der Waals surface area contributed by atoms with Gasteiger partial charge in [-0.05, 0) is 23.8 Å². The summed E-state index contributed by atoms with van der Waals surface area (Å²) in [5.74, 6) is 2.13. The van der Waals surface area contributed by atoms with Gasteiger partial charge in [0.05, 0.1) is 0 Å². The highest BCUT2D eigenvalue weighted by atomic mass is 16.7. The first-order chi connectivity index (χ1) is 9.35. The van der Waals surface area contributed by atoms with E-state index in [1.807, 2.05) is 24.3 Å². The Morgan fingerprint density at radius 3 is 2.89 bits per heavy atom. The van der Waals surface area contributed by atoms with E-state index >= 15 is 0 Å². The number of ether oxygens (including phenoxy) is 3. The maximum Gasteiger partial charge on any atom is 0.231 e. The number of carbonyl (C=O) groups excluding carboxylic acids is 1. The van der Waals surface area contributed by atoms with Gasteiger partial charge in [-0.3, -0.25) is 4.79 Å². The maximum absolute atomic E-state index is 10.7. The molecular formula is C15H12O4. The summed E-state index contributed by atoms with van der Waals surface area (Å²) in [6, 6.07) is 12.8. The monoisotopic (exact) mass is 256 g/mol. The SMILES string of the molecule is O=Cc1cccc(COc2ccc3c(c2)OCO3)c1. The van der Waals surface area contributed by atoms with Crippen molar-refractivity contribution in [2.45, 2.75) is 6.61 Å². The smallest absolute Gasteiger partial charge is 0.231 e. The van der Waals surface area contributed by atoms with E-state index in [1.165, 1.54) is 0 Å². The van der Waals surface area contributed by atoms with E-state index in [9.17, 15) is 4.79 Å². The summed E-state index contributed by atoms with van der Waals surface area (Å²) in [5, 5.41) is 0. The van der Waals surface area contributed by atoms with Crippen LogP contribution >= 0.6 is 0 Å². The van der Waals surface area contributed by atoms with Crippen molar-refractivity contribution in [2.75, 3.05) is 6.79 Å². The van der Waals surface area contributed by atoms with E-state index in [-0.39, 0.29) is 6.79 Å². The first-order valence-corrected chi connectivity index (χ1v) is 5.92. The highest BCUT2D eigenvalue weighted by Gasteiger charge is 2.13. The number of carbonyl (C=O) groups is 1. The predicted octanol–water partition coefficient (Wildman–Crippen LogP) is 2.81. The van der Waals surface area contributed by atoms with Gasteiger partial charge < -0.3 is 14.2 Å². The van der Waals surface area contributed by atoms with Crippen molar-refractivity contribution < 1.29 is 19.0 Å². The lowest BCUT2D eigenvalue weighted by atomic mass is 10.1. The summed E-state index contributed by atoms with van der Waals surface area (Å²) in [7, 11) is 0. The van der Waals surface area contributed by atoms with Crippen LogP contribution in [0.1, 0.15) is 15.9 Å². The molecule has 4 nitrogen and oxygen atoms in total. The Bertz CT molecular complexity index is 607. The van der Waals surface area contributed by atoms with Crippen molar-refractivity contribution in [1.82, 2.24) is 0 Å². The standard InChI is InChI=1S/C15H12O4/c16-8-11-2-1-3-12(6-11)9-17-13-4-5-14-15(7-13)19-10-18-14/h1-8H,9-10H2. The zero-order valence-electron chi connectivity index (χ0n) is 10.2. The van der Waals surface area contributed by atoms with Crippen LogP contribution in [0.3, 0.4) is 0 Å². The molecule has 3 rings (SSSR count). The molecule has 0 radical (unpaired) electrons. The minimum atomic E-state index is 0.250. The fourth-order valence-electron chi connectivity index (χ4n) is 1.89. The van der Waals surface area contributed by atoms with Gasteiger partial charge in [-0.2, -0.15) is 0 Å². The molecule has 0 unspecified atom stereocenters. The molecule has 0 bridgehead atoms. The summed E-state index contributed by atoms with van der Waals surface area (Å²) in [4.78, 5) is 10.7. The van der Waals surface area contributed by atoms with Gasteiger partial charge >= 0.3 is 0 Å². The lowest BCUT2D eigenvalue weighted by Gasteiger charge is -2.07. The van der Waals surface area contributed by atoms with E-state index in [4.69, 9.17) is 14.2 Å². The normalized spacial score (nSPS) is 12.2. The Labute approximate surface area is 110 Å². The second kappa shape index (κ2) is 5.02. The number of rotatable bonds is 4. The molecule has 4 heteroatoms. The van der Waals surface area contributed by atoms with Gasteiger partial charge in [0.2, 0.25) is 6.79 Å². The summed E-state index contributed by atoms with van der Waals surface area (Å²) in [6.07, 6.45) is 0.823. The van der Waals surface area contributed by atoms with Crippen LogP contribution in [-0.2, 0) is 6.61 Å². The predicted molar refractivity (Wildman–Crippen MR) is 68.7 cm³/mol. The molecule has 0 atom stereocenters. The molecule has 0 spiro atoms. The number of hydrogen-bond donors (Lipinski definition) is 0. The summed E-state index contributed by atoms with van der Waals surface area (Å²) in [5.41, 5.74) is 1.59. The Balaban J connectivity index is 1.70. The third kappa shape index (κ3) is 2.52. The molecule has 0 N–H and O–H groups in total. The third-order valence-corrected chi connectivity index (χ3v) is 2.84. The van der Waals surface area contributed by atoms with Crippen LogP contribution in [0.4, 0.5) is 0 Å². The van der Waals surface area contributed by atoms with E-state index in [1.54, 1.807) is 18.2 Å². The van der Waals surface area contributed by atoms with Gasteiger partial charge in [-0.15, -0.1) is 0 Å². The van der Waals surface area contributed by atoms with Crippen molar-refractivity contribution in [3.8, 4) is 17.2 Å². The molecule has 96 valence electrons. The largest absolute Gasteiger partial charge is 0.489 e. The summed E-state index contributed by atoms with van der Waals surface area (Å²) in [6.45, 7) is 0.654. The zero-order chi connectivity index (χ0) is 13.1. The van der Waals surface area contributed by atoms with Gasteiger partial charge in [-0.25, -0.2) is 0 Å². The molecule has 0 aliphatic carbocycles. The first kappa shape index (κ1) is 11.6. The van der Waals surface area contributed by atoms with Crippen LogP contribution < -0.4 is 14.2 Å². The zero-order valence-corrected chi connectivity index (χ0v) is 10.2. The highest BCUT2D eigenvalue weighted by molar-refractivity contribution is 5.74. The van der Waals surface area contributed by atoms with Gasteiger partial charge in [0.1, 0.15) is 18.6 Å². The average Bonchev–Trinajstić information content (AvgIpc) is 2.93. The number of benzene rings is 2. The topological polar surface area (TPSA) is 44.8 Å². The molecule has 2 aromatic rings. The van der Waals surface area contributed by atoms with Crippen molar-refractivity contribution in [2.24, 2.45) is 0 Å². The van der Waals surface area contributed by atoms with Crippen LogP contribution in [0.2, 0.25) is 0 Å². The number of fused-ring (bicyclic) bond motifs is 1. The molecule has 0 amide bonds. The Hall–Kier alpha value is -2.49. The quantitative estimate of drug-likeness (QED) is 0.789. The van der Waals surface area contributed by atoms with Gasteiger partial charge in [-0.1, -0.05) is 18.2 Å². The Kier molecular flexibility index (Phi) is 3.06. The molecule has 1 aliphatic heterocycles. The fraction of sp³-hybridized carbons (Fsp3) is 0.133. The van der Waals surface area contributed by atoms with Crippen molar-refractivity contribution in [1.29, 1.82) is 0 Å². The molecule has 0 saturated heterocycles. The van der Waals surface area contributed by atoms with Crippen LogP contribution in [0.15, 0.2) is 42.5 Å². The molecule has 2 aromatic carbocycles. The van der Waals surface area contributed by atoms with Crippen molar-refractivity contribution in [3.05, 3.63) is 53.6 Å². The van der Waals surface area contributed by atoms with E-state index in [0.29, 0.717) is 23.7 Å². The van der Waals surface area contributed by atoms with Crippen LogP contribution in [0.5, 0.6) is 17.2 Å². The molecule has 1 aliphatic rings. The van der Waals surface area contributed by atoms with Crippen LogP contribution in [-0.4, -0.2) is 13.1 Å². The van der Waals surface area contributed by atoms with Crippen LogP contribution in [0.25, 0.3) is 0 Å². The van der Waals surface area contributed by atoms with E-state index in [2.05, 4.69) is 0 Å². The molecule has 1 heterocycles. The number of hydrogen-bond acceptors (Lipinski definition) is 4. The second-order valence-electron chi connectivity index (χ2n) is 4.17. The maximum atomic E-state index is 10.7. The van der Waals surface area contributed by atoms with E-state index in [0.717, 1.165) is 17.6 Å². The van der Waals surface area contributed by atoms with Gasteiger partial charge in [0, 0.05) is 11.6 Å².